The number of nitrogens with zero attached hydrogens (tertiary/aromatic N) is 1. The van der Waals surface area contributed by atoms with Crippen LogP contribution in [0.2, 0.25) is 5.02 Å². The first kappa shape index (κ1) is 18.4. The first-order chi connectivity index (χ1) is 12.0. The second kappa shape index (κ2) is 7.86. The van der Waals surface area contributed by atoms with E-state index in [1.165, 1.54) is 12.5 Å². The van der Waals surface area contributed by atoms with Crippen LogP contribution in [-0.2, 0) is 10.0 Å². The van der Waals surface area contributed by atoms with Crippen LogP contribution in [0.1, 0.15) is 31.1 Å². The Morgan fingerprint density at radius 3 is 2.64 bits per heavy atom. The van der Waals surface area contributed by atoms with Gasteiger partial charge in [-0.25, -0.2) is 17.5 Å². The fourth-order valence-electron chi connectivity index (χ4n) is 3.08. The van der Waals surface area contributed by atoms with E-state index in [4.69, 9.17) is 16.0 Å². The molecule has 25 heavy (non-hydrogen) atoms. The van der Waals surface area contributed by atoms with Crippen molar-refractivity contribution in [1.82, 2.24) is 9.62 Å². The summed E-state index contributed by atoms with van der Waals surface area (Å²) in [6, 6.07) is 6.68. The highest BCUT2D eigenvalue weighted by atomic mass is 35.5. The maximum Gasteiger partial charge on any atom is 0.242 e. The molecule has 1 aromatic carbocycles. The van der Waals surface area contributed by atoms with E-state index in [2.05, 4.69) is 9.62 Å². The summed E-state index contributed by atoms with van der Waals surface area (Å²) >= 11 is 5.89. The normalized spacial score (nSPS) is 17.5. The molecule has 0 bridgehead atoms. The highest BCUT2D eigenvalue weighted by Crippen LogP contribution is 2.26. The van der Waals surface area contributed by atoms with Crippen molar-refractivity contribution >= 4 is 21.6 Å². The number of furan rings is 1. The summed E-state index contributed by atoms with van der Waals surface area (Å²) in [5.41, 5.74) is 0. The number of likely N-dealkylation sites (tertiary alicyclic amines) is 1. The van der Waals surface area contributed by atoms with Gasteiger partial charge in [-0.05, 0) is 56.3 Å². The molecular formula is C17H20ClFN2O3S. The predicted molar refractivity (Wildman–Crippen MR) is 93.5 cm³/mol. The van der Waals surface area contributed by atoms with Crippen molar-refractivity contribution in [1.29, 1.82) is 0 Å². The van der Waals surface area contributed by atoms with Gasteiger partial charge in [0.25, 0.3) is 0 Å². The van der Waals surface area contributed by atoms with Gasteiger partial charge in [-0.1, -0.05) is 18.0 Å². The highest BCUT2D eigenvalue weighted by molar-refractivity contribution is 7.89. The zero-order valence-corrected chi connectivity index (χ0v) is 15.2. The quantitative estimate of drug-likeness (QED) is 0.824. The van der Waals surface area contributed by atoms with Crippen LogP contribution in [0.4, 0.5) is 4.39 Å². The van der Waals surface area contributed by atoms with Crippen molar-refractivity contribution in [3.63, 3.8) is 0 Å². The Kier molecular flexibility index (Phi) is 5.78. The smallest absolute Gasteiger partial charge is 0.242 e. The molecule has 1 atom stereocenters. The fraction of sp³-hybridized carbons (Fsp3) is 0.412. The van der Waals surface area contributed by atoms with Crippen molar-refractivity contribution in [2.75, 3.05) is 19.6 Å². The third kappa shape index (κ3) is 4.41. The van der Waals surface area contributed by atoms with Crippen molar-refractivity contribution < 1.29 is 17.2 Å². The average molecular weight is 387 g/mol. The molecule has 0 radical (unpaired) electrons. The van der Waals surface area contributed by atoms with Crippen LogP contribution in [0.3, 0.4) is 0 Å². The topological polar surface area (TPSA) is 62.6 Å². The van der Waals surface area contributed by atoms with Crippen molar-refractivity contribution in [2.45, 2.75) is 30.2 Å². The molecule has 0 amide bonds. The predicted octanol–water partition coefficient (Wildman–Crippen LogP) is 3.58. The van der Waals surface area contributed by atoms with Crippen molar-refractivity contribution in [3.05, 3.63) is 53.2 Å². The van der Waals surface area contributed by atoms with Crippen LogP contribution in [0.25, 0.3) is 0 Å². The number of hydrogen-bond acceptors (Lipinski definition) is 4. The number of nitrogens with one attached hydrogen (secondary N) is 1. The van der Waals surface area contributed by atoms with E-state index in [9.17, 15) is 12.8 Å². The van der Waals surface area contributed by atoms with E-state index in [-0.39, 0.29) is 22.5 Å². The molecule has 1 fully saturated rings. The van der Waals surface area contributed by atoms with Crippen LogP contribution in [-0.4, -0.2) is 33.0 Å². The van der Waals surface area contributed by atoms with Crippen LogP contribution in [0, 0.1) is 5.82 Å². The molecule has 1 saturated heterocycles. The second-order valence-corrected chi connectivity index (χ2v) is 8.20. The van der Waals surface area contributed by atoms with Gasteiger partial charge in [0.05, 0.1) is 17.3 Å². The monoisotopic (exact) mass is 386 g/mol. The minimum atomic E-state index is -3.85. The molecule has 136 valence electrons. The van der Waals surface area contributed by atoms with E-state index in [0.29, 0.717) is 0 Å². The first-order valence-corrected chi connectivity index (χ1v) is 10.1. The number of piperidine rings is 1. The maximum atomic E-state index is 13.2. The molecule has 1 aliphatic heterocycles. The van der Waals surface area contributed by atoms with Crippen LogP contribution in [0.15, 0.2) is 45.9 Å². The molecule has 2 aromatic rings. The largest absolute Gasteiger partial charge is 0.468 e. The number of benzene rings is 1. The fourth-order valence-corrected chi connectivity index (χ4v) is 4.65. The molecule has 0 aliphatic carbocycles. The molecular weight excluding hydrogens is 367 g/mol. The molecule has 0 spiro atoms. The summed E-state index contributed by atoms with van der Waals surface area (Å²) in [6.07, 6.45) is 4.91. The summed E-state index contributed by atoms with van der Waals surface area (Å²) in [5, 5.41) is -0.139. The Bertz CT molecular complexity index is 805. The summed E-state index contributed by atoms with van der Waals surface area (Å²) in [6.45, 7) is 1.94. The minimum Gasteiger partial charge on any atom is -0.468 e. The Hall–Kier alpha value is -1.41. The van der Waals surface area contributed by atoms with Gasteiger partial charge in [0.1, 0.15) is 16.5 Å². The first-order valence-electron chi connectivity index (χ1n) is 8.19. The van der Waals surface area contributed by atoms with Crippen molar-refractivity contribution in [2.24, 2.45) is 0 Å². The Morgan fingerprint density at radius 1 is 1.24 bits per heavy atom. The standard InChI is InChI=1S/C17H20ClFN2O3S/c18-14-11-13(19)6-7-17(14)25(22,23)20-12-15(16-5-4-10-24-16)21-8-2-1-3-9-21/h4-7,10-11,15,20H,1-3,8-9,12H2. The van der Waals surface area contributed by atoms with Gasteiger partial charge in [-0.3, -0.25) is 4.90 Å². The highest BCUT2D eigenvalue weighted by Gasteiger charge is 2.27. The van der Waals surface area contributed by atoms with Gasteiger partial charge < -0.3 is 4.42 Å². The van der Waals surface area contributed by atoms with Crippen LogP contribution in [0.5, 0.6) is 0 Å². The lowest BCUT2D eigenvalue weighted by Gasteiger charge is -2.33. The van der Waals surface area contributed by atoms with E-state index in [1.807, 2.05) is 6.07 Å². The van der Waals surface area contributed by atoms with E-state index < -0.39 is 15.8 Å². The Balaban J connectivity index is 1.78. The number of rotatable bonds is 6. The van der Waals surface area contributed by atoms with E-state index in [0.717, 1.165) is 43.8 Å². The van der Waals surface area contributed by atoms with Gasteiger partial charge in [0.15, 0.2) is 0 Å². The molecule has 8 heteroatoms. The average Bonchev–Trinajstić information content (AvgIpc) is 3.10. The van der Waals surface area contributed by atoms with Gasteiger partial charge >= 0.3 is 0 Å². The third-order valence-corrected chi connectivity index (χ3v) is 6.26. The molecule has 5 nitrogen and oxygen atoms in total. The lowest BCUT2D eigenvalue weighted by atomic mass is 10.1. The van der Waals surface area contributed by atoms with Gasteiger partial charge in [0, 0.05) is 6.54 Å². The lowest BCUT2D eigenvalue weighted by Crippen LogP contribution is -2.40. The maximum absolute atomic E-state index is 13.2. The Morgan fingerprint density at radius 2 is 2.00 bits per heavy atom. The molecule has 3 rings (SSSR count). The zero-order valence-electron chi connectivity index (χ0n) is 13.6. The molecule has 1 N–H and O–H groups in total. The summed E-state index contributed by atoms with van der Waals surface area (Å²) < 4.78 is 46.4. The van der Waals surface area contributed by atoms with Crippen LogP contribution < -0.4 is 4.72 Å². The van der Waals surface area contributed by atoms with E-state index >= 15 is 0 Å². The number of hydrogen-bond donors (Lipinski definition) is 1. The van der Waals surface area contributed by atoms with Crippen molar-refractivity contribution in [3.8, 4) is 0 Å². The van der Waals surface area contributed by atoms with E-state index in [1.54, 1.807) is 12.3 Å². The lowest BCUT2D eigenvalue weighted by molar-refractivity contribution is 0.147. The van der Waals surface area contributed by atoms with Crippen LogP contribution >= 0.6 is 11.6 Å². The molecule has 1 unspecified atom stereocenters. The number of sulfonamides is 1. The second-order valence-electron chi connectivity index (χ2n) is 6.05. The minimum absolute atomic E-state index is 0.132. The van der Waals surface area contributed by atoms with Gasteiger partial charge in [-0.2, -0.15) is 0 Å². The molecule has 2 heterocycles. The summed E-state index contributed by atoms with van der Waals surface area (Å²) in [4.78, 5) is 2.09. The SMILES string of the molecule is O=S(=O)(NCC(c1ccco1)N1CCCCC1)c1ccc(F)cc1Cl. The summed E-state index contributed by atoms with van der Waals surface area (Å²) in [5.74, 6) is 0.139. The molecule has 0 saturated carbocycles. The molecule has 1 aliphatic rings. The zero-order chi connectivity index (χ0) is 17.9. The van der Waals surface area contributed by atoms with Gasteiger partial charge in [-0.15, -0.1) is 0 Å². The third-order valence-electron chi connectivity index (χ3n) is 4.35. The number of halogens is 2. The summed E-state index contributed by atoms with van der Waals surface area (Å²) in [7, 11) is -3.85. The van der Waals surface area contributed by atoms with Gasteiger partial charge in [0.2, 0.25) is 10.0 Å². The Labute approximate surface area is 151 Å². The molecule has 1 aromatic heterocycles.